The SMILES string of the molecule is CN(CCC[C@H]1CCCO1)C(=O)c1ccc(-c2nccn2C)cc1. The molecule has 5 nitrogen and oxygen atoms in total. The Balaban J connectivity index is 1.55. The largest absolute Gasteiger partial charge is 0.378 e. The van der Waals surface area contributed by atoms with E-state index in [1.807, 2.05) is 49.1 Å². The predicted octanol–water partition coefficient (Wildman–Crippen LogP) is 3.12. The van der Waals surface area contributed by atoms with Crippen molar-refractivity contribution in [1.82, 2.24) is 14.5 Å². The first-order valence-corrected chi connectivity index (χ1v) is 8.60. The molecule has 1 fully saturated rings. The Bertz CT molecular complexity index is 672. The van der Waals surface area contributed by atoms with Gasteiger partial charge in [-0.25, -0.2) is 4.98 Å². The smallest absolute Gasteiger partial charge is 0.253 e. The third kappa shape index (κ3) is 3.85. The number of aryl methyl sites for hydroxylation is 1. The molecule has 0 aliphatic carbocycles. The molecule has 24 heavy (non-hydrogen) atoms. The van der Waals surface area contributed by atoms with Gasteiger partial charge < -0.3 is 14.2 Å². The van der Waals surface area contributed by atoms with Gasteiger partial charge in [0, 0.05) is 50.8 Å². The molecule has 1 atom stereocenters. The van der Waals surface area contributed by atoms with Crippen LogP contribution in [-0.4, -0.2) is 46.7 Å². The molecule has 0 spiro atoms. The van der Waals surface area contributed by atoms with Crippen molar-refractivity contribution < 1.29 is 9.53 Å². The van der Waals surface area contributed by atoms with E-state index in [2.05, 4.69) is 4.98 Å². The van der Waals surface area contributed by atoms with Gasteiger partial charge in [0.25, 0.3) is 5.91 Å². The second-order valence-electron chi connectivity index (χ2n) is 6.44. The molecule has 128 valence electrons. The summed E-state index contributed by atoms with van der Waals surface area (Å²) >= 11 is 0. The minimum absolute atomic E-state index is 0.0636. The lowest BCUT2D eigenvalue weighted by atomic mass is 10.1. The van der Waals surface area contributed by atoms with Crippen LogP contribution in [0.2, 0.25) is 0 Å². The number of imidazole rings is 1. The van der Waals surface area contributed by atoms with Crippen LogP contribution >= 0.6 is 0 Å². The molecule has 1 aliphatic heterocycles. The van der Waals surface area contributed by atoms with Gasteiger partial charge in [0.1, 0.15) is 5.82 Å². The predicted molar refractivity (Wildman–Crippen MR) is 93.8 cm³/mol. The van der Waals surface area contributed by atoms with Crippen LogP contribution in [0, 0.1) is 0 Å². The summed E-state index contributed by atoms with van der Waals surface area (Å²) in [7, 11) is 3.83. The van der Waals surface area contributed by atoms with Gasteiger partial charge in [-0.1, -0.05) is 12.1 Å². The summed E-state index contributed by atoms with van der Waals surface area (Å²) in [4.78, 5) is 18.6. The molecular formula is C19H25N3O2. The van der Waals surface area contributed by atoms with Gasteiger partial charge in [0.05, 0.1) is 6.10 Å². The Morgan fingerprint density at radius 2 is 2.17 bits per heavy atom. The van der Waals surface area contributed by atoms with Crippen LogP contribution in [0.25, 0.3) is 11.4 Å². The molecule has 0 radical (unpaired) electrons. The summed E-state index contributed by atoms with van der Waals surface area (Å²) in [6.07, 6.45) is 8.43. The molecule has 0 N–H and O–H groups in total. The second kappa shape index (κ2) is 7.62. The summed E-state index contributed by atoms with van der Waals surface area (Å²) in [5.41, 5.74) is 1.73. The van der Waals surface area contributed by atoms with Crippen LogP contribution in [0.4, 0.5) is 0 Å². The summed E-state index contributed by atoms with van der Waals surface area (Å²) < 4.78 is 7.59. The zero-order valence-electron chi connectivity index (χ0n) is 14.4. The van der Waals surface area contributed by atoms with E-state index in [0.29, 0.717) is 11.7 Å². The fourth-order valence-electron chi connectivity index (χ4n) is 3.16. The first-order valence-electron chi connectivity index (χ1n) is 8.60. The minimum atomic E-state index is 0.0636. The number of amides is 1. The van der Waals surface area contributed by atoms with Crippen LogP contribution < -0.4 is 0 Å². The van der Waals surface area contributed by atoms with Gasteiger partial charge in [-0.05, 0) is 37.8 Å². The molecule has 2 heterocycles. The van der Waals surface area contributed by atoms with Gasteiger partial charge in [-0.3, -0.25) is 4.79 Å². The maximum Gasteiger partial charge on any atom is 0.253 e. The van der Waals surface area contributed by atoms with Crippen molar-refractivity contribution in [3.05, 3.63) is 42.2 Å². The van der Waals surface area contributed by atoms with Crippen LogP contribution in [0.5, 0.6) is 0 Å². The Labute approximate surface area is 143 Å². The highest BCUT2D eigenvalue weighted by Gasteiger charge is 2.17. The molecule has 3 rings (SSSR count). The number of rotatable bonds is 6. The zero-order valence-corrected chi connectivity index (χ0v) is 14.4. The van der Waals surface area contributed by atoms with Crippen LogP contribution in [0.3, 0.4) is 0 Å². The van der Waals surface area contributed by atoms with Crippen molar-refractivity contribution in [3.63, 3.8) is 0 Å². The molecule has 1 aromatic heterocycles. The summed E-state index contributed by atoms with van der Waals surface area (Å²) in [6, 6.07) is 7.66. The quantitative estimate of drug-likeness (QED) is 0.819. The topological polar surface area (TPSA) is 47.4 Å². The number of hydrogen-bond acceptors (Lipinski definition) is 3. The molecule has 1 aromatic carbocycles. The molecule has 1 saturated heterocycles. The lowest BCUT2D eigenvalue weighted by Crippen LogP contribution is -2.28. The number of carbonyl (C=O) groups is 1. The first kappa shape index (κ1) is 16.7. The van der Waals surface area contributed by atoms with Crippen molar-refractivity contribution in [3.8, 4) is 11.4 Å². The Morgan fingerprint density at radius 3 is 2.79 bits per heavy atom. The van der Waals surface area contributed by atoms with Gasteiger partial charge in [0.15, 0.2) is 0 Å². The summed E-state index contributed by atoms with van der Waals surface area (Å²) in [5.74, 6) is 0.965. The van der Waals surface area contributed by atoms with E-state index in [1.165, 1.54) is 6.42 Å². The molecule has 1 amide bonds. The molecule has 0 bridgehead atoms. The average Bonchev–Trinajstić information content (AvgIpc) is 3.26. The van der Waals surface area contributed by atoms with Crippen molar-refractivity contribution in [2.75, 3.05) is 20.2 Å². The third-order valence-corrected chi connectivity index (χ3v) is 4.60. The Hall–Kier alpha value is -2.14. The van der Waals surface area contributed by atoms with E-state index in [1.54, 1.807) is 11.1 Å². The van der Waals surface area contributed by atoms with Crippen LogP contribution in [0.1, 0.15) is 36.0 Å². The third-order valence-electron chi connectivity index (χ3n) is 4.60. The van der Waals surface area contributed by atoms with Gasteiger partial charge in [0.2, 0.25) is 0 Å². The Morgan fingerprint density at radius 1 is 1.38 bits per heavy atom. The number of carbonyl (C=O) groups excluding carboxylic acids is 1. The summed E-state index contributed by atoms with van der Waals surface area (Å²) in [6.45, 7) is 1.65. The van der Waals surface area contributed by atoms with Crippen LogP contribution in [0.15, 0.2) is 36.7 Å². The highest BCUT2D eigenvalue weighted by molar-refractivity contribution is 5.94. The molecule has 0 unspecified atom stereocenters. The fourth-order valence-corrected chi connectivity index (χ4v) is 3.16. The van der Waals surface area contributed by atoms with E-state index in [9.17, 15) is 4.79 Å². The number of aromatic nitrogens is 2. The number of ether oxygens (including phenoxy) is 1. The highest BCUT2D eigenvalue weighted by atomic mass is 16.5. The van der Waals surface area contributed by atoms with Gasteiger partial charge >= 0.3 is 0 Å². The van der Waals surface area contributed by atoms with Crippen molar-refractivity contribution >= 4 is 5.91 Å². The maximum atomic E-state index is 12.5. The molecule has 1 aliphatic rings. The van der Waals surface area contributed by atoms with Gasteiger partial charge in [-0.15, -0.1) is 0 Å². The normalized spacial score (nSPS) is 17.2. The standard InChI is InChI=1S/C19H25N3O2/c1-21-13-11-20-18(21)15-7-9-16(10-8-15)19(23)22(2)12-3-5-17-6-4-14-24-17/h7-11,13,17H,3-6,12,14H2,1-2H3/t17-/m0/s1. The molecule has 0 saturated carbocycles. The van der Waals surface area contributed by atoms with Crippen molar-refractivity contribution in [1.29, 1.82) is 0 Å². The van der Waals surface area contributed by atoms with E-state index < -0.39 is 0 Å². The molecule has 5 heteroatoms. The van der Waals surface area contributed by atoms with E-state index >= 15 is 0 Å². The fraction of sp³-hybridized carbons (Fsp3) is 0.474. The monoisotopic (exact) mass is 327 g/mol. The number of benzene rings is 1. The molecule has 2 aromatic rings. The maximum absolute atomic E-state index is 12.5. The van der Waals surface area contributed by atoms with E-state index in [0.717, 1.165) is 43.8 Å². The van der Waals surface area contributed by atoms with E-state index in [4.69, 9.17) is 4.74 Å². The number of hydrogen-bond donors (Lipinski definition) is 0. The lowest BCUT2D eigenvalue weighted by Gasteiger charge is -2.18. The van der Waals surface area contributed by atoms with E-state index in [-0.39, 0.29) is 5.91 Å². The van der Waals surface area contributed by atoms with Crippen molar-refractivity contribution in [2.45, 2.75) is 31.8 Å². The number of nitrogens with zero attached hydrogens (tertiary/aromatic N) is 3. The Kier molecular flexibility index (Phi) is 5.30. The van der Waals surface area contributed by atoms with Gasteiger partial charge in [-0.2, -0.15) is 0 Å². The minimum Gasteiger partial charge on any atom is -0.378 e. The molecular weight excluding hydrogens is 302 g/mol. The highest BCUT2D eigenvalue weighted by Crippen LogP contribution is 2.19. The first-order chi connectivity index (χ1) is 11.6. The van der Waals surface area contributed by atoms with Crippen molar-refractivity contribution in [2.24, 2.45) is 7.05 Å². The zero-order chi connectivity index (χ0) is 16.9. The second-order valence-corrected chi connectivity index (χ2v) is 6.44. The average molecular weight is 327 g/mol. The van der Waals surface area contributed by atoms with Crippen LogP contribution in [-0.2, 0) is 11.8 Å². The summed E-state index contributed by atoms with van der Waals surface area (Å²) in [5, 5.41) is 0. The lowest BCUT2D eigenvalue weighted by molar-refractivity contribution is 0.0763.